The van der Waals surface area contributed by atoms with E-state index in [1.165, 1.54) is 12.8 Å². The van der Waals surface area contributed by atoms with Crippen LogP contribution >= 0.6 is 0 Å². The van der Waals surface area contributed by atoms with Crippen molar-refractivity contribution in [3.05, 3.63) is 41.7 Å². The first-order valence-corrected chi connectivity index (χ1v) is 9.44. The summed E-state index contributed by atoms with van der Waals surface area (Å²) in [5.74, 6) is 1.14. The Hall–Kier alpha value is -2.87. The first-order valence-electron chi connectivity index (χ1n) is 9.44. The number of benzene rings is 1. The maximum atomic E-state index is 13.0. The van der Waals surface area contributed by atoms with Gasteiger partial charge in [-0.15, -0.1) is 0 Å². The molecular weight excluding hydrogens is 360 g/mol. The molecule has 1 aromatic carbocycles. The Morgan fingerprint density at radius 1 is 1.25 bits per heavy atom. The Labute approximate surface area is 164 Å². The number of hydrogen-bond donors (Lipinski definition) is 1. The number of amides is 2. The van der Waals surface area contributed by atoms with Crippen molar-refractivity contribution >= 4 is 17.6 Å². The number of aryl methyl sites for hydroxylation is 1. The Bertz CT molecular complexity index is 797. The van der Waals surface area contributed by atoms with Crippen LogP contribution in [0.5, 0.6) is 5.75 Å². The van der Waals surface area contributed by atoms with Crippen molar-refractivity contribution in [1.82, 2.24) is 15.0 Å². The van der Waals surface area contributed by atoms with Crippen molar-refractivity contribution in [3.8, 4) is 5.75 Å². The lowest BCUT2D eigenvalue weighted by Crippen LogP contribution is -2.42. The molecule has 150 valence electrons. The third kappa shape index (κ3) is 5.32. The summed E-state index contributed by atoms with van der Waals surface area (Å²) in [4.78, 5) is 29.3. The number of rotatable bonds is 8. The molecule has 2 heterocycles. The Morgan fingerprint density at radius 3 is 2.57 bits per heavy atom. The van der Waals surface area contributed by atoms with Gasteiger partial charge < -0.3 is 24.4 Å². The summed E-state index contributed by atoms with van der Waals surface area (Å²) in [5.41, 5.74) is 0.521. The average Bonchev–Trinajstić information content (AvgIpc) is 3.36. The fourth-order valence-corrected chi connectivity index (χ4v) is 3.22. The van der Waals surface area contributed by atoms with Crippen LogP contribution in [0.3, 0.4) is 0 Å². The molecule has 8 heteroatoms. The zero-order chi connectivity index (χ0) is 19.9. The number of nitrogens with zero attached hydrogens (tertiary/aromatic N) is 3. The minimum atomic E-state index is -0.309. The fourth-order valence-electron chi connectivity index (χ4n) is 3.22. The van der Waals surface area contributed by atoms with E-state index in [9.17, 15) is 9.59 Å². The number of methoxy groups -OCH3 is 1. The molecule has 1 aliphatic rings. The van der Waals surface area contributed by atoms with Gasteiger partial charge in [0.1, 0.15) is 18.1 Å². The van der Waals surface area contributed by atoms with E-state index < -0.39 is 0 Å². The maximum absolute atomic E-state index is 13.0. The minimum absolute atomic E-state index is 0.0510. The molecule has 0 spiro atoms. The second kappa shape index (κ2) is 9.36. The standard InChI is InChI=1S/C20H26N4O4/c1-15-13-18(22-28-15)21-19(25)14-24(12-11-23-9-3-4-10-23)20(26)16-5-7-17(27-2)8-6-16/h5-8,13H,3-4,9-12,14H2,1-2H3,(H,21,22,25). The molecule has 2 aromatic rings. The van der Waals surface area contributed by atoms with Crippen LogP contribution in [0.1, 0.15) is 29.0 Å². The first-order chi connectivity index (χ1) is 13.5. The highest BCUT2D eigenvalue weighted by Crippen LogP contribution is 2.14. The average molecular weight is 386 g/mol. The summed E-state index contributed by atoms with van der Waals surface area (Å²) >= 11 is 0. The monoisotopic (exact) mass is 386 g/mol. The summed E-state index contributed by atoms with van der Waals surface area (Å²) in [7, 11) is 1.58. The van der Waals surface area contributed by atoms with Crippen LogP contribution in [0.15, 0.2) is 34.9 Å². The van der Waals surface area contributed by atoms with E-state index in [0.717, 1.165) is 19.6 Å². The molecule has 0 unspecified atom stereocenters. The van der Waals surface area contributed by atoms with Crippen LogP contribution in [0.25, 0.3) is 0 Å². The molecule has 1 aliphatic heterocycles. The maximum Gasteiger partial charge on any atom is 0.254 e. The van der Waals surface area contributed by atoms with Gasteiger partial charge in [0, 0.05) is 24.7 Å². The number of hydrogen-bond acceptors (Lipinski definition) is 6. The molecule has 0 saturated carbocycles. The van der Waals surface area contributed by atoms with E-state index in [4.69, 9.17) is 9.26 Å². The van der Waals surface area contributed by atoms with Crippen molar-refractivity contribution in [3.63, 3.8) is 0 Å². The van der Waals surface area contributed by atoms with E-state index in [-0.39, 0.29) is 18.4 Å². The van der Waals surface area contributed by atoms with Crippen molar-refractivity contribution < 1.29 is 18.8 Å². The van der Waals surface area contributed by atoms with Gasteiger partial charge in [-0.1, -0.05) is 5.16 Å². The van der Waals surface area contributed by atoms with Crippen molar-refractivity contribution in [1.29, 1.82) is 0 Å². The summed E-state index contributed by atoms with van der Waals surface area (Å²) in [6, 6.07) is 8.54. The highest BCUT2D eigenvalue weighted by atomic mass is 16.5. The molecule has 2 amide bonds. The van der Waals surface area contributed by atoms with Gasteiger partial charge in [-0.05, 0) is 57.1 Å². The largest absolute Gasteiger partial charge is 0.497 e. The van der Waals surface area contributed by atoms with Crippen molar-refractivity contribution in [2.75, 3.05) is 45.2 Å². The molecule has 0 bridgehead atoms. The summed E-state index contributed by atoms with van der Waals surface area (Å²) in [6.07, 6.45) is 2.36. The SMILES string of the molecule is COc1ccc(C(=O)N(CCN2CCCC2)CC(=O)Nc2cc(C)on2)cc1. The molecule has 28 heavy (non-hydrogen) atoms. The van der Waals surface area contributed by atoms with Crippen LogP contribution in [-0.2, 0) is 4.79 Å². The normalized spacial score (nSPS) is 14.1. The lowest BCUT2D eigenvalue weighted by Gasteiger charge is -2.25. The van der Waals surface area contributed by atoms with Gasteiger partial charge in [0.2, 0.25) is 5.91 Å². The second-order valence-electron chi connectivity index (χ2n) is 6.87. The van der Waals surface area contributed by atoms with E-state index in [2.05, 4.69) is 15.4 Å². The number of likely N-dealkylation sites (tertiary alicyclic amines) is 1. The third-order valence-corrected chi connectivity index (χ3v) is 4.74. The topological polar surface area (TPSA) is 87.9 Å². The van der Waals surface area contributed by atoms with Crippen LogP contribution in [0.4, 0.5) is 5.82 Å². The molecule has 0 atom stereocenters. The molecule has 1 N–H and O–H groups in total. The number of carbonyl (C=O) groups is 2. The van der Waals surface area contributed by atoms with Crippen molar-refractivity contribution in [2.45, 2.75) is 19.8 Å². The molecule has 1 fully saturated rings. The summed E-state index contributed by atoms with van der Waals surface area (Å²) < 4.78 is 10.1. The second-order valence-corrected chi connectivity index (χ2v) is 6.87. The smallest absolute Gasteiger partial charge is 0.254 e. The molecular formula is C20H26N4O4. The predicted octanol–water partition coefficient (Wildman–Crippen LogP) is 2.17. The highest BCUT2D eigenvalue weighted by molar-refractivity contribution is 5.99. The van der Waals surface area contributed by atoms with Gasteiger partial charge >= 0.3 is 0 Å². The van der Waals surface area contributed by atoms with E-state index in [1.807, 2.05) is 0 Å². The molecule has 0 radical (unpaired) electrons. The van der Waals surface area contributed by atoms with E-state index in [1.54, 1.807) is 49.3 Å². The van der Waals surface area contributed by atoms with E-state index >= 15 is 0 Å². The fraction of sp³-hybridized carbons (Fsp3) is 0.450. The highest BCUT2D eigenvalue weighted by Gasteiger charge is 2.21. The first kappa shape index (κ1) is 19.9. The Morgan fingerprint density at radius 2 is 1.96 bits per heavy atom. The van der Waals surface area contributed by atoms with Gasteiger partial charge in [-0.25, -0.2) is 0 Å². The van der Waals surface area contributed by atoms with Gasteiger partial charge in [0.25, 0.3) is 5.91 Å². The lowest BCUT2D eigenvalue weighted by molar-refractivity contribution is -0.117. The number of ether oxygens (including phenoxy) is 1. The summed E-state index contributed by atoms with van der Waals surface area (Å²) in [6.45, 7) is 5.00. The van der Waals surface area contributed by atoms with Gasteiger partial charge in [-0.2, -0.15) is 0 Å². The zero-order valence-corrected chi connectivity index (χ0v) is 16.3. The number of anilines is 1. The lowest BCUT2D eigenvalue weighted by atomic mass is 10.2. The molecule has 1 aromatic heterocycles. The summed E-state index contributed by atoms with van der Waals surface area (Å²) in [5, 5.41) is 6.44. The number of nitrogens with one attached hydrogen (secondary N) is 1. The van der Waals surface area contributed by atoms with Crippen LogP contribution in [0.2, 0.25) is 0 Å². The number of aromatic nitrogens is 1. The quantitative estimate of drug-likeness (QED) is 0.748. The zero-order valence-electron chi connectivity index (χ0n) is 16.3. The number of carbonyl (C=O) groups excluding carboxylic acids is 2. The van der Waals surface area contributed by atoms with Gasteiger partial charge in [0.05, 0.1) is 7.11 Å². The van der Waals surface area contributed by atoms with Gasteiger partial charge in [-0.3, -0.25) is 9.59 Å². The molecule has 1 saturated heterocycles. The molecule has 0 aliphatic carbocycles. The van der Waals surface area contributed by atoms with Crippen LogP contribution in [-0.4, -0.2) is 66.6 Å². The predicted molar refractivity (Wildman–Crippen MR) is 104 cm³/mol. The molecule has 3 rings (SSSR count). The Kier molecular flexibility index (Phi) is 6.65. The molecule has 8 nitrogen and oxygen atoms in total. The minimum Gasteiger partial charge on any atom is -0.497 e. The van der Waals surface area contributed by atoms with E-state index in [0.29, 0.717) is 29.4 Å². The van der Waals surface area contributed by atoms with Crippen LogP contribution in [0, 0.1) is 6.92 Å². The van der Waals surface area contributed by atoms with Crippen LogP contribution < -0.4 is 10.1 Å². The van der Waals surface area contributed by atoms with Gasteiger partial charge in [0.15, 0.2) is 5.82 Å². The Balaban J connectivity index is 1.67. The van der Waals surface area contributed by atoms with Crippen molar-refractivity contribution in [2.24, 2.45) is 0 Å². The third-order valence-electron chi connectivity index (χ3n) is 4.74.